The second-order valence-corrected chi connectivity index (χ2v) is 10.7. The lowest BCUT2D eigenvalue weighted by Gasteiger charge is -2.61. The molecule has 1 aromatic rings. The van der Waals surface area contributed by atoms with Crippen LogP contribution in [-0.2, 0) is 27.2 Å². The lowest BCUT2D eigenvalue weighted by atomic mass is 9.43. The molecule has 8 heteroatoms. The Morgan fingerprint density at radius 3 is 2.80 bits per heavy atom. The maximum absolute atomic E-state index is 12.5. The van der Waals surface area contributed by atoms with Crippen molar-refractivity contribution in [3.05, 3.63) is 23.4 Å². The van der Waals surface area contributed by atoms with Gasteiger partial charge in [0.1, 0.15) is 11.9 Å². The molecule has 3 aliphatic carbocycles. The molecule has 0 aromatic carbocycles. The number of carbonyl (C=O) groups is 2. The van der Waals surface area contributed by atoms with Crippen molar-refractivity contribution < 1.29 is 19.4 Å². The van der Waals surface area contributed by atoms with E-state index in [2.05, 4.69) is 27.7 Å². The minimum atomic E-state index is -0.951. The van der Waals surface area contributed by atoms with E-state index in [1.54, 1.807) is 0 Å². The second kappa shape index (κ2) is 12.2. The number of nitrogens with one attached hydrogen (secondary N) is 2. The van der Waals surface area contributed by atoms with Gasteiger partial charge in [0.05, 0.1) is 6.61 Å². The summed E-state index contributed by atoms with van der Waals surface area (Å²) in [4.78, 5) is 31.3. The lowest BCUT2D eigenvalue weighted by Crippen LogP contribution is -2.55. The highest BCUT2D eigenvalue weighted by Crippen LogP contribution is 2.66. The summed E-state index contributed by atoms with van der Waals surface area (Å²) in [6, 6.07) is 3.51. The number of aliphatic carboxylic acids is 1. The predicted octanol–water partition coefficient (Wildman–Crippen LogP) is 3.25. The number of aromatic nitrogens is 1. The molecule has 2 heterocycles. The molecule has 3 saturated carbocycles. The van der Waals surface area contributed by atoms with Gasteiger partial charge in [0.15, 0.2) is 0 Å². The van der Waals surface area contributed by atoms with Crippen LogP contribution in [0.25, 0.3) is 0 Å². The first kappa shape index (κ1) is 25.9. The quantitative estimate of drug-likeness (QED) is 0.308. The van der Waals surface area contributed by atoms with Crippen molar-refractivity contribution >= 4 is 17.7 Å². The molecule has 3 N–H and O–H groups in total. The number of aryl methyl sites for hydroxylation is 2. The summed E-state index contributed by atoms with van der Waals surface area (Å²) in [5.41, 5.74) is 2.62. The van der Waals surface area contributed by atoms with Crippen LogP contribution < -0.4 is 10.6 Å². The fraction of sp³-hybridized carbons (Fsp3) is 0.741. The number of fused-ring (bicyclic) bond motifs is 1. The fourth-order valence-electron chi connectivity index (χ4n) is 5.85. The normalized spacial score (nSPS) is 23.0. The second-order valence-electron chi connectivity index (χ2n) is 10.7. The topological polar surface area (TPSA) is 104 Å². The highest BCUT2D eigenvalue weighted by Gasteiger charge is 2.57. The zero-order chi connectivity index (χ0) is 24.7. The Balaban J connectivity index is 1.20. The van der Waals surface area contributed by atoms with Crippen molar-refractivity contribution in [1.82, 2.24) is 15.2 Å². The Hall–Kier alpha value is -2.19. The summed E-state index contributed by atoms with van der Waals surface area (Å²) < 4.78 is 5.54. The molecular weight excluding hydrogens is 444 g/mol. The number of carbonyl (C=O) groups excluding carboxylic acids is 1. The number of ether oxygens (including phenoxy) is 1. The predicted molar refractivity (Wildman–Crippen MR) is 135 cm³/mol. The van der Waals surface area contributed by atoms with Gasteiger partial charge in [-0.05, 0) is 94.2 Å². The van der Waals surface area contributed by atoms with Crippen molar-refractivity contribution in [1.29, 1.82) is 0 Å². The smallest absolute Gasteiger partial charge is 0.326 e. The molecule has 3 fully saturated rings. The van der Waals surface area contributed by atoms with Gasteiger partial charge in [-0.25, -0.2) is 9.78 Å². The number of pyridine rings is 1. The minimum Gasteiger partial charge on any atom is -0.480 e. The van der Waals surface area contributed by atoms with Gasteiger partial charge in [0.25, 0.3) is 0 Å². The minimum absolute atomic E-state index is 0.108. The van der Waals surface area contributed by atoms with Crippen LogP contribution in [0.4, 0.5) is 5.82 Å². The Morgan fingerprint density at radius 2 is 2.09 bits per heavy atom. The molecule has 194 valence electrons. The molecule has 35 heavy (non-hydrogen) atoms. The van der Waals surface area contributed by atoms with Crippen LogP contribution in [0, 0.1) is 11.3 Å². The van der Waals surface area contributed by atoms with Crippen molar-refractivity contribution in [3.63, 3.8) is 0 Å². The molecule has 1 aliphatic heterocycles. The molecule has 0 radical (unpaired) electrons. The van der Waals surface area contributed by atoms with E-state index in [1.165, 1.54) is 12.0 Å². The Labute approximate surface area is 209 Å². The molecule has 0 spiro atoms. The first-order valence-corrected chi connectivity index (χ1v) is 13.5. The number of anilines is 1. The van der Waals surface area contributed by atoms with Gasteiger partial charge >= 0.3 is 5.97 Å². The van der Waals surface area contributed by atoms with E-state index in [0.717, 1.165) is 82.0 Å². The molecule has 1 unspecified atom stereocenters. The first-order valence-electron chi connectivity index (χ1n) is 13.5. The number of unbranched alkanes of at least 4 members (excludes halogenated alkanes) is 1. The summed E-state index contributed by atoms with van der Waals surface area (Å²) in [5.74, 6) is 0.802. The van der Waals surface area contributed by atoms with E-state index in [4.69, 9.17) is 9.72 Å². The number of carboxylic acid groups (broad SMARTS) is 1. The van der Waals surface area contributed by atoms with Crippen LogP contribution in [0.5, 0.6) is 0 Å². The Kier molecular flexibility index (Phi) is 9.00. The highest BCUT2D eigenvalue weighted by molar-refractivity contribution is 5.84. The van der Waals surface area contributed by atoms with Gasteiger partial charge < -0.3 is 25.4 Å². The molecular formula is C27H42N4O4. The largest absolute Gasteiger partial charge is 0.480 e. The Morgan fingerprint density at radius 1 is 1.26 bits per heavy atom. The highest BCUT2D eigenvalue weighted by atomic mass is 16.5. The molecule has 1 aromatic heterocycles. The van der Waals surface area contributed by atoms with Crippen molar-refractivity contribution in [2.45, 2.75) is 77.2 Å². The van der Waals surface area contributed by atoms with Gasteiger partial charge in [0, 0.05) is 38.4 Å². The summed E-state index contributed by atoms with van der Waals surface area (Å²) in [6.45, 7) is 6.54. The van der Waals surface area contributed by atoms with E-state index in [0.29, 0.717) is 32.6 Å². The third-order valence-electron chi connectivity index (χ3n) is 7.93. The maximum atomic E-state index is 12.5. The number of nitrogens with zero attached hydrogens (tertiary/aromatic N) is 2. The number of rotatable bonds is 16. The number of hydrogen-bond acceptors (Lipinski definition) is 6. The van der Waals surface area contributed by atoms with Gasteiger partial charge in [-0.3, -0.25) is 4.79 Å². The molecule has 8 nitrogen and oxygen atoms in total. The summed E-state index contributed by atoms with van der Waals surface area (Å²) >= 11 is 0. The van der Waals surface area contributed by atoms with Crippen LogP contribution in [0.2, 0.25) is 0 Å². The zero-order valence-electron chi connectivity index (χ0n) is 21.2. The van der Waals surface area contributed by atoms with Crippen LogP contribution >= 0.6 is 0 Å². The summed E-state index contributed by atoms with van der Waals surface area (Å²) in [5, 5.41) is 15.9. The number of carboxylic acids is 1. The van der Waals surface area contributed by atoms with Gasteiger partial charge in [-0.2, -0.15) is 0 Å². The maximum Gasteiger partial charge on any atom is 0.326 e. The van der Waals surface area contributed by atoms with Crippen LogP contribution in [0.1, 0.15) is 69.5 Å². The third-order valence-corrected chi connectivity index (χ3v) is 7.93. The SMILES string of the molecule is CCOCCN(CCCCc1ccc2c(n1)NCCC2)CCC(NC(=O)CC12CC(C1)C2)C(=O)O. The van der Waals surface area contributed by atoms with E-state index >= 15 is 0 Å². The lowest BCUT2D eigenvalue weighted by molar-refractivity contribution is -0.149. The van der Waals surface area contributed by atoms with Crippen LogP contribution in [0.15, 0.2) is 12.1 Å². The van der Waals surface area contributed by atoms with Crippen molar-refractivity contribution in [3.8, 4) is 0 Å². The van der Waals surface area contributed by atoms with Crippen molar-refractivity contribution in [2.24, 2.45) is 11.3 Å². The van der Waals surface area contributed by atoms with Crippen LogP contribution in [0.3, 0.4) is 0 Å². The first-order chi connectivity index (χ1) is 17.0. The number of hydrogen-bond donors (Lipinski definition) is 3. The van der Waals surface area contributed by atoms with Gasteiger partial charge in [-0.1, -0.05) is 6.07 Å². The average molecular weight is 487 g/mol. The molecule has 4 aliphatic rings. The summed E-state index contributed by atoms with van der Waals surface area (Å²) in [6.07, 6.45) is 9.54. The van der Waals surface area contributed by atoms with Gasteiger partial charge in [-0.15, -0.1) is 0 Å². The standard InChI is InChI=1S/C27H42N4O4/c1-2-35-15-14-31(12-4-3-7-22-9-8-21-6-5-11-28-25(21)29-22)13-10-23(26(33)34)30-24(32)19-27-16-20(17-27)18-27/h8-9,20,23H,2-7,10-19H2,1H3,(H,28,29)(H,30,32)(H,33,34). The molecule has 5 rings (SSSR count). The monoisotopic (exact) mass is 486 g/mol. The fourth-order valence-corrected chi connectivity index (χ4v) is 5.85. The van der Waals surface area contributed by atoms with Crippen LogP contribution in [-0.4, -0.2) is 72.3 Å². The van der Waals surface area contributed by atoms with E-state index < -0.39 is 12.0 Å². The Bertz CT molecular complexity index is 860. The molecule has 1 atom stereocenters. The molecule has 0 saturated heterocycles. The summed E-state index contributed by atoms with van der Waals surface area (Å²) in [7, 11) is 0. The van der Waals surface area contributed by atoms with Gasteiger partial charge in [0.2, 0.25) is 5.91 Å². The zero-order valence-corrected chi connectivity index (χ0v) is 21.2. The average Bonchev–Trinajstić information content (AvgIpc) is 2.80. The van der Waals surface area contributed by atoms with E-state index in [1.807, 2.05) is 6.92 Å². The van der Waals surface area contributed by atoms with Crippen molar-refractivity contribution in [2.75, 3.05) is 44.7 Å². The third kappa shape index (κ3) is 7.17. The number of amides is 1. The molecule has 2 bridgehead atoms. The van der Waals surface area contributed by atoms with E-state index in [9.17, 15) is 14.7 Å². The molecule has 1 amide bonds. The van der Waals surface area contributed by atoms with E-state index in [-0.39, 0.29) is 11.3 Å².